The number of fused-ring (bicyclic) bond motifs is 2. The number of aliphatic imine (C=N–C) groups is 1. The highest BCUT2D eigenvalue weighted by Gasteiger charge is 2.23. The number of nitrogens with zero attached hydrogens (tertiary/aromatic N) is 2. The van der Waals surface area contributed by atoms with Gasteiger partial charge in [0.15, 0.2) is 0 Å². The van der Waals surface area contributed by atoms with Gasteiger partial charge in [-0.25, -0.2) is 9.78 Å². The van der Waals surface area contributed by atoms with E-state index in [1.165, 1.54) is 12.0 Å². The molecule has 7 heteroatoms. The van der Waals surface area contributed by atoms with E-state index >= 15 is 0 Å². The summed E-state index contributed by atoms with van der Waals surface area (Å²) in [6.07, 6.45) is 10.3. The van der Waals surface area contributed by atoms with Crippen LogP contribution in [-0.2, 0) is 24.2 Å². The zero-order valence-corrected chi connectivity index (χ0v) is 19.0. The molecule has 174 valence electrons. The third-order valence-electron chi connectivity index (χ3n) is 6.40. The number of carbonyl (C=O) groups excluding carboxylic acids is 1. The number of unbranched alkanes of at least 4 members (excludes halogenated alkanes) is 4. The van der Waals surface area contributed by atoms with Crippen LogP contribution in [0.5, 0.6) is 0 Å². The molecule has 0 fully saturated rings. The second-order valence-electron chi connectivity index (χ2n) is 8.86. The monoisotopic (exact) mass is 448 g/mol. The summed E-state index contributed by atoms with van der Waals surface area (Å²) >= 11 is 0. The fourth-order valence-electron chi connectivity index (χ4n) is 4.52. The van der Waals surface area contributed by atoms with Crippen molar-refractivity contribution in [2.45, 2.75) is 70.4 Å². The van der Waals surface area contributed by atoms with Gasteiger partial charge in [-0.2, -0.15) is 0 Å². The standard InChI is InChI=1S/C26H32N4O3/c31-25(21-11-6-8-19-16-27-17-22(19)21)30-23(26(32)33)12-5-3-1-2-4-10-20-14-13-18-9-7-15-28-24(18)29-20/h6,8,11,13-14,17,23H,1-5,7,9-10,12,15-16H2,(H,28,29)(H,30,31)(H,32,33)/t23-/m0/s1. The fourth-order valence-corrected chi connectivity index (χ4v) is 4.52. The van der Waals surface area contributed by atoms with Gasteiger partial charge in [0.1, 0.15) is 11.9 Å². The number of rotatable bonds is 11. The van der Waals surface area contributed by atoms with Crippen LogP contribution < -0.4 is 10.6 Å². The molecule has 0 aliphatic carbocycles. The minimum absolute atomic E-state index is 0.348. The van der Waals surface area contributed by atoms with Crippen LogP contribution in [0.3, 0.4) is 0 Å². The fraction of sp³-hybridized carbons (Fsp3) is 0.462. The number of aryl methyl sites for hydroxylation is 2. The molecule has 2 aromatic rings. The van der Waals surface area contributed by atoms with Crippen LogP contribution in [0.2, 0.25) is 0 Å². The second-order valence-corrected chi connectivity index (χ2v) is 8.86. The Morgan fingerprint density at radius 2 is 1.91 bits per heavy atom. The average molecular weight is 449 g/mol. The number of amides is 1. The van der Waals surface area contributed by atoms with Crippen LogP contribution in [0.4, 0.5) is 5.82 Å². The Kier molecular flexibility index (Phi) is 7.70. The summed E-state index contributed by atoms with van der Waals surface area (Å²) in [5.74, 6) is -0.287. The molecule has 4 rings (SSSR count). The molecular formula is C26H32N4O3. The van der Waals surface area contributed by atoms with Crippen LogP contribution in [-0.4, -0.2) is 40.8 Å². The lowest BCUT2D eigenvalue weighted by molar-refractivity contribution is -0.139. The Morgan fingerprint density at radius 1 is 1.06 bits per heavy atom. The lowest BCUT2D eigenvalue weighted by Crippen LogP contribution is -2.41. The van der Waals surface area contributed by atoms with Crippen molar-refractivity contribution in [3.63, 3.8) is 0 Å². The second kappa shape index (κ2) is 11.1. The van der Waals surface area contributed by atoms with E-state index in [1.54, 1.807) is 12.3 Å². The van der Waals surface area contributed by atoms with Crippen molar-refractivity contribution in [1.82, 2.24) is 10.3 Å². The van der Waals surface area contributed by atoms with E-state index in [9.17, 15) is 14.7 Å². The lowest BCUT2D eigenvalue weighted by Gasteiger charge is -2.17. The summed E-state index contributed by atoms with van der Waals surface area (Å²) < 4.78 is 0. The molecule has 0 bridgehead atoms. The van der Waals surface area contributed by atoms with Gasteiger partial charge in [-0.1, -0.05) is 43.9 Å². The Balaban J connectivity index is 1.16. The maximum Gasteiger partial charge on any atom is 0.326 e. The number of aromatic nitrogens is 1. The molecule has 3 heterocycles. The first-order valence-corrected chi connectivity index (χ1v) is 12.0. The van der Waals surface area contributed by atoms with Gasteiger partial charge in [-0.15, -0.1) is 0 Å². The Hall–Kier alpha value is -3.22. The van der Waals surface area contributed by atoms with E-state index in [4.69, 9.17) is 4.98 Å². The van der Waals surface area contributed by atoms with Crippen molar-refractivity contribution in [1.29, 1.82) is 0 Å². The minimum atomic E-state index is -0.989. The van der Waals surface area contributed by atoms with Crippen molar-refractivity contribution >= 4 is 23.9 Å². The van der Waals surface area contributed by atoms with Crippen LogP contribution >= 0.6 is 0 Å². The number of carboxylic acids is 1. The molecular weight excluding hydrogens is 416 g/mol. The van der Waals surface area contributed by atoms with Crippen LogP contribution in [0.15, 0.2) is 35.3 Å². The molecule has 1 atom stereocenters. The zero-order valence-electron chi connectivity index (χ0n) is 19.0. The predicted octanol–water partition coefficient (Wildman–Crippen LogP) is 4.14. The number of aliphatic carboxylic acids is 1. The molecule has 1 aromatic heterocycles. The summed E-state index contributed by atoms with van der Waals surface area (Å²) in [7, 11) is 0. The number of benzene rings is 1. The number of hydrogen-bond donors (Lipinski definition) is 3. The van der Waals surface area contributed by atoms with Crippen molar-refractivity contribution in [3.8, 4) is 0 Å². The highest BCUT2D eigenvalue weighted by molar-refractivity contribution is 6.05. The first-order chi connectivity index (χ1) is 16.1. The van der Waals surface area contributed by atoms with E-state index in [-0.39, 0.29) is 5.91 Å². The molecule has 0 unspecified atom stereocenters. The first-order valence-electron chi connectivity index (χ1n) is 12.0. The first kappa shape index (κ1) is 23.0. The predicted molar refractivity (Wildman–Crippen MR) is 129 cm³/mol. The molecule has 0 saturated heterocycles. The largest absolute Gasteiger partial charge is 0.480 e. The molecule has 1 amide bonds. The Morgan fingerprint density at radius 3 is 2.79 bits per heavy atom. The number of hydrogen-bond acceptors (Lipinski definition) is 5. The smallest absolute Gasteiger partial charge is 0.326 e. The molecule has 2 aliphatic rings. The quantitative estimate of drug-likeness (QED) is 0.448. The molecule has 3 N–H and O–H groups in total. The number of nitrogens with one attached hydrogen (secondary N) is 2. The summed E-state index contributed by atoms with van der Waals surface area (Å²) in [6, 6.07) is 8.93. The van der Waals surface area contributed by atoms with E-state index < -0.39 is 12.0 Å². The zero-order chi connectivity index (χ0) is 23.0. The van der Waals surface area contributed by atoms with Gasteiger partial charge in [0, 0.05) is 29.6 Å². The topological polar surface area (TPSA) is 104 Å². The van der Waals surface area contributed by atoms with Crippen molar-refractivity contribution in [3.05, 3.63) is 58.3 Å². The van der Waals surface area contributed by atoms with Crippen LogP contribution in [0.25, 0.3) is 0 Å². The maximum absolute atomic E-state index is 12.7. The average Bonchev–Trinajstić information content (AvgIpc) is 3.31. The van der Waals surface area contributed by atoms with Crippen LogP contribution in [0, 0.1) is 0 Å². The van der Waals surface area contributed by atoms with Crippen molar-refractivity contribution < 1.29 is 14.7 Å². The van der Waals surface area contributed by atoms with E-state index in [2.05, 4.69) is 27.8 Å². The molecule has 33 heavy (non-hydrogen) atoms. The molecule has 0 saturated carbocycles. The van der Waals surface area contributed by atoms with E-state index in [1.807, 2.05) is 12.1 Å². The van der Waals surface area contributed by atoms with Gasteiger partial charge in [0.05, 0.1) is 6.54 Å². The van der Waals surface area contributed by atoms with E-state index in [0.29, 0.717) is 18.5 Å². The van der Waals surface area contributed by atoms with Gasteiger partial charge in [0.2, 0.25) is 0 Å². The molecule has 0 radical (unpaired) electrons. The minimum Gasteiger partial charge on any atom is -0.480 e. The third-order valence-corrected chi connectivity index (χ3v) is 6.40. The van der Waals surface area contributed by atoms with Gasteiger partial charge in [-0.05, 0) is 55.4 Å². The highest BCUT2D eigenvalue weighted by Crippen LogP contribution is 2.21. The summed E-state index contributed by atoms with van der Waals surface area (Å²) in [5.41, 5.74) is 4.73. The van der Waals surface area contributed by atoms with Crippen molar-refractivity contribution in [2.75, 3.05) is 11.9 Å². The summed E-state index contributed by atoms with van der Waals surface area (Å²) in [5, 5.41) is 15.6. The number of pyridine rings is 1. The van der Waals surface area contributed by atoms with Crippen molar-refractivity contribution in [2.24, 2.45) is 4.99 Å². The molecule has 7 nitrogen and oxygen atoms in total. The summed E-state index contributed by atoms with van der Waals surface area (Å²) in [6.45, 7) is 1.57. The Bertz CT molecular complexity index is 1030. The maximum atomic E-state index is 12.7. The van der Waals surface area contributed by atoms with Gasteiger partial charge >= 0.3 is 5.97 Å². The summed E-state index contributed by atoms with van der Waals surface area (Å²) in [4.78, 5) is 33.3. The SMILES string of the molecule is O=C(N[C@@H](CCCCCCCc1ccc2c(n1)NCCC2)C(=O)O)c1cccc2c1C=NC2. The van der Waals surface area contributed by atoms with Gasteiger partial charge in [-0.3, -0.25) is 9.79 Å². The third kappa shape index (κ3) is 5.97. The van der Waals surface area contributed by atoms with E-state index in [0.717, 1.165) is 74.1 Å². The normalized spacial score (nSPS) is 14.8. The van der Waals surface area contributed by atoms with Gasteiger partial charge in [0.25, 0.3) is 5.91 Å². The number of anilines is 1. The molecule has 1 aromatic carbocycles. The van der Waals surface area contributed by atoms with Crippen LogP contribution in [0.1, 0.15) is 77.7 Å². The Labute approximate surface area is 194 Å². The molecule has 2 aliphatic heterocycles. The number of carboxylic acid groups (broad SMARTS) is 1. The highest BCUT2D eigenvalue weighted by atomic mass is 16.4. The van der Waals surface area contributed by atoms with Gasteiger partial charge < -0.3 is 15.7 Å². The molecule has 0 spiro atoms. The number of carbonyl (C=O) groups is 2. The lowest BCUT2D eigenvalue weighted by atomic mass is 10.0.